The van der Waals surface area contributed by atoms with Crippen LogP contribution in [-0.4, -0.2) is 118 Å². The van der Waals surface area contributed by atoms with Gasteiger partial charge in [0.1, 0.15) is 31.0 Å². The number of ether oxygens (including phenoxy) is 5. The molecule has 0 aromatic heterocycles. The van der Waals surface area contributed by atoms with Crippen LogP contribution in [0.5, 0.6) is 11.5 Å². The number of benzene rings is 1. The van der Waals surface area contributed by atoms with Crippen molar-refractivity contribution in [1.82, 2.24) is 0 Å². The summed E-state index contributed by atoms with van der Waals surface area (Å²) in [6, 6.07) is 4.51. The molecule has 2 aliphatic heterocycles. The Morgan fingerprint density at radius 1 is 1.05 bits per heavy atom. The molecule has 9 unspecified atom stereocenters. The van der Waals surface area contributed by atoms with Crippen molar-refractivity contribution in [2.45, 2.75) is 43.1 Å². The molecule has 224 valence electrons. The number of phenols is 1. The van der Waals surface area contributed by atoms with Crippen molar-refractivity contribution < 1.29 is 69.0 Å². The fourth-order valence-corrected chi connectivity index (χ4v) is 5.02. The number of hydrogen-bond donors (Lipinski definition) is 7. The van der Waals surface area contributed by atoms with Gasteiger partial charge in [0.05, 0.1) is 44.2 Å². The highest BCUT2D eigenvalue weighted by Gasteiger charge is 2.52. The normalized spacial score (nSPS) is 33.1. The Morgan fingerprint density at radius 3 is 2.46 bits per heavy atom. The monoisotopic (exact) mass is 580 g/mol. The van der Waals surface area contributed by atoms with Gasteiger partial charge in [-0.05, 0) is 29.3 Å². The molecule has 4 rings (SSSR count). The number of carbonyl (C=O) groups excluding carboxylic acids is 1. The number of carboxylic acids is 1. The van der Waals surface area contributed by atoms with E-state index in [0.29, 0.717) is 5.56 Å². The van der Waals surface area contributed by atoms with Crippen molar-refractivity contribution in [1.29, 1.82) is 0 Å². The number of carboxylic acid groups (broad SMARTS) is 1. The maximum absolute atomic E-state index is 12.5. The minimum atomic E-state index is -1.74. The van der Waals surface area contributed by atoms with Crippen molar-refractivity contribution in [3.05, 3.63) is 53.3 Å². The molecule has 0 saturated carbocycles. The van der Waals surface area contributed by atoms with Gasteiger partial charge in [-0.1, -0.05) is 18.2 Å². The summed E-state index contributed by atoms with van der Waals surface area (Å²) < 4.78 is 27.4. The van der Waals surface area contributed by atoms with Crippen LogP contribution in [0, 0.1) is 11.8 Å². The average molecular weight is 581 g/mol. The first-order valence-corrected chi connectivity index (χ1v) is 12.6. The number of phenolic OH excluding ortho intramolecular Hbond substituents is 1. The second-order valence-electron chi connectivity index (χ2n) is 9.67. The third-order valence-corrected chi connectivity index (χ3v) is 7.16. The van der Waals surface area contributed by atoms with Crippen molar-refractivity contribution in [3.63, 3.8) is 0 Å². The third kappa shape index (κ3) is 6.45. The molecular weight excluding hydrogens is 548 g/mol. The SMILES string of the molecule is COc1cc(C=CC(=O)COC2C=C(CO)C3C(OC4OC(CO)C(O)C(O)C4O)OC=C(C(=O)O)C23)ccc1O. The number of carbonyl (C=O) groups is 2. The number of rotatable bonds is 11. The lowest BCUT2D eigenvalue weighted by molar-refractivity contribution is -0.340. The summed E-state index contributed by atoms with van der Waals surface area (Å²) >= 11 is 0. The molecule has 0 bridgehead atoms. The topological polar surface area (TPSA) is 222 Å². The predicted octanol–water partition coefficient (Wildman–Crippen LogP) is -1.33. The first-order valence-electron chi connectivity index (χ1n) is 12.6. The van der Waals surface area contributed by atoms with Crippen LogP contribution in [-0.2, 0) is 28.5 Å². The Hall–Kier alpha value is -3.34. The van der Waals surface area contributed by atoms with Crippen LogP contribution in [0.3, 0.4) is 0 Å². The maximum atomic E-state index is 12.5. The molecule has 0 amide bonds. The fourth-order valence-electron chi connectivity index (χ4n) is 5.02. The largest absolute Gasteiger partial charge is 0.504 e. The zero-order valence-electron chi connectivity index (χ0n) is 21.8. The van der Waals surface area contributed by atoms with Gasteiger partial charge < -0.3 is 59.4 Å². The average Bonchev–Trinajstić information content (AvgIpc) is 3.34. The summed E-state index contributed by atoms with van der Waals surface area (Å²) in [7, 11) is 1.39. The van der Waals surface area contributed by atoms with Crippen LogP contribution in [0.15, 0.2) is 47.8 Å². The van der Waals surface area contributed by atoms with Crippen molar-refractivity contribution >= 4 is 17.8 Å². The molecule has 0 spiro atoms. The molecule has 9 atom stereocenters. The lowest BCUT2D eigenvalue weighted by Gasteiger charge is -2.43. The molecule has 1 saturated heterocycles. The standard InChI is InChI=1S/C27H32O14/c1-37-17-6-12(3-5-16(17)31)2-4-14(30)10-38-18-7-13(8-28)20-21(18)15(25(35)36)11-39-26(20)41-27-24(34)23(33)22(32)19(9-29)40-27/h2-7,11,18-24,26-29,31-34H,8-10H2,1H3,(H,35,36). The van der Waals surface area contributed by atoms with Gasteiger partial charge in [0.25, 0.3) is 0 Å². The Labute approximate surface area is 233 Å². The first-order chi connectivity index (χ1) is 19.6. The predicted molar refractivity (Wildman–Crippen MR) is 136 cm³/mol. The molecule has 14 heteroatoms. The molecule has 41 heavy (non-hydrogen) atoms. The van der Waals surface area contributed by atoms with Gasteiger partial charge in [-0.15, -0.1) is 0 Å². The van der Waals surface area contributed by atoms with Gasteiger partial charge in [0.15, 0.2) is 23.6 Å². The zero-order valence-corrected chi connectivity index (χ0v) is 21.8. The molecule has 2 heterocycles. The molecule has 1 fully saturated rings. The van der Waals surface area contributed by atoms with E-state index in [4.69, 9.17) is 23.7 Å². The van der Waals surface area contributed by atoms with Gasteiger partial charge in [-0.25, -0.2) is 4.79 Å². The second-order valence-corrected chi connectivity index (χ2v) is 9.67. The van der Waals surface area contributed by atoms with Crippen molar-refractivity contribution in [3.8, 4) is 11.5 Å². The van der Waals surface area contributed by atoms with Gasteiger partial charge in [-0.2, -0.15) is 0 Å². The van der Waals surface area contributed by atoms with E-state index >= 15 is 0 Å². The van der Waals surface area contributed by atoms with E-state index in [1.54, 1.807) is 6.07 Å². The first kappa shape index (κ1) is 30.6. The summed E-state index contributed by atoms with van der Waals surface area (Å²) in [6.45, 7) is -1.67. The highest BCUT2D eigenvalue weighted by molar-refractivity contribution is 5.94. The summed E-state index contributed by atoms with van der Waals surface area (Å²) in [4.78, 5) is 24.6. The van der Waals surface area contributed by atoms with Crippen LogP contribution in [0.25, 0.3) is 6.08 Å². The number of aliphatic carboxylic acids is 1. The molecule has 3 aliphatic rings. The van der Waals surface area contributed by atoms with Crippen LogP contribution in [0.4, 0.5) is 0 Å². The van der Waals surface area contributed by atoms with Crippen LogP contribution >= 0.6 is 0 Å². The molecule has 14 nitrogen and oxygen atoms in total. The summed E-state index contributed by atoms with van der Waals surface area (Å²) in [5, 5.41) is 69.5. The highest BCUT2D eigenvalue weighted by Crippen LogP contribution is 2.45. The van der Waals surface area contributed by atoms with E-state index < -0.39 is 86.5 Å². The molecule has 1 aliphatic carbocycles. The van der Waals surface area contributed by atoms with Gasteiger partial charge in [0.2, 0.25) is 6.29 Å². The molecule has 7 N–H and O–H groups in total. The van der Waals surface area contributed by atoms with Crippen LogP contribution in [0.1, 0.15) is 5.56 Å². The number of fused-ring (bicyclic) bond motifs is 1. The second kappa shape index (κ2) is 13.1. The maximum Gasteiger partial charge on any atom is 0.335 e. The van der Waals surface area contributed by atoms with Gasteiger partial charge in [-0.3, -0.25) is 4.79 Å². The van der Waals surface area contributed by atoms with E-state index in [0.717, 1.165) is 6.26 Å². The number of ketones is 1. The van der Waals surface area contributed by atoms with Gasteiger partial charge in [0, 0.05) is 5.92 Å². The zero-order chi connectivity index (χ0) is 29.8. The van der Waals surface area contributed by atoms with E-state index in [1.807, 2.05) is 0 Å². The lowest BCUT2D eigenvalue weighted by Crippen LogP contribution is -2.60. The summed E-state index contributed by atoms with van der Waals surface area (Å²) in [6.07, 6.45) is -5.10. The van der Waals surface area contributed by atoms with Gasteiger partial charge >= 0.3 is 5.97 Å². The Kier molecular flexibility index (Phi) is 9.78. The molecular formula is C27H32O14. The number of aliphatic hydroxyl groups excluding tert-OH is 5. The number of methoxy groups -OCH3 is 1. The lowest BCUT2D eigenvalue weighted by atomic mass is 9.82. The number of aliphatic hydroxyl groups is 5. The van der Waals surface area contributed by atoms with E-state index in [9.17, 15) is 45.3 Å². The Morgan fingerprint density at radius 2 is 1.80 bits per heavy atom. The minimum Gasteiger partial charge on any atom is -0.504 e. The molecule has 1 aromatic rings. The van der Waals surface area contributed by atoms with E-state index in [1.165, 1.54) is 37.5 Å². The molecule has 1 aromatic carbocycles. The van der Waals surface area contributed by atoms with Crippen molar-refractivity contribution in [2.75, 3.05) is 26.9 Å². The molecule has 0 radical (unpaired) electrons. The van der Waals surface area contributed by atoms with Crippen molar-refractivity contribution in [2.24, 2.45) is 11.8 Å². The Balaban J connectivity index is 1.49. The van der Waals surface area contributed by atoms with Crippen LogP contribution < -0.4 is 4.74 Å². The smallest absolute Gasteiger partial charge is 0.335 e. The number of aromatic hydroxyl groups is 1. The fraction of sp³-hybridized carbons (Fsp3) is 0.481. The quantitative estimate of drug-likeness (QED) is 0.119. The van der Waals surface area contributed by atoms with E-state index in [2.05, 4.69) is 0 Å². The third-order valence-electron chi connectivity index (χ3n) is 7.16. The summed E-state index contributed by atoms with van der Waals surface area (Å²) in [5.41, 5.74) is 0.637. The van der Waals surface area contributed by atoms with Crippen LogP contribution in [0.2, 0.25) is 0 Å². The minimum absolute atomic E-state index is 0.0610. The number of hydrogen-bond acceptors (Lipinski definition) is 13. The summed E-state index contributed by atoms with van der Waals surface area (Å²) in [5.74, 6) is -3.56. The highest BCUT2D eigenvalue weighted by atomic mass is 16.8. The van der Waals surface area contributed by atoms with E-state index in [-0.39, 0.29) is 22.6 Å². The Bertz CT molecular complexity index is 1210.